The Kier molecular flexibility index (Phi) is 9.41. The van der Waals surface area contributed by atoms with Crippen LogP contribution >= 0.6 is 0 Å². The molecule has 0 aliphatic carbocycles. The van der Waals surface area contributed by atoms with Gasteiger partial charge < -0.3 is 25.0 Å². The van der Waals surface area contributed by atoms with Crippen LogP contribution in [0.5, 0.6) is 0 Å². The van der Waals surface area contributed by atoms with Crippen LogP contribution in [0.1, 0.15) is 32.5 Å². The molecule has 0 saturated carbocycles. The van der Waals surface area contributed by atoms with Gasteiger partial charge in [0.1, 0.15) is 12.2 Å². The molecule has 1 fully saturated rings. The maximum atomic E-state index is 4.29. The zero-order valence-corrected chi connectivity index (χ0v) is 16.7. The van der Waals surface area contributed by atoms with Crippen molar-refractivity contribution in [1.82, 2.24) is 35.2 Å². The third kappa shape index (κ3) is 6.92. The highest BCUT2D eigenvalue weighted by Gasteiger charge is 2.14. The summed E-state index contributed by atoms with van der Waals surface area (Å²) >= 11 is 0. The van der Waals surface area contributed by atoms with Gasteiger partial charge in [-0.25, -0.2) is 0 Å². The van der Waals surface area contributed by atoms with Crippen LogP contribution in [0.15, 0.2) is 11.3 Å². The molecule has 8 nitrogen and oxygen atoms in total. The Morgan fingerprint density at radius 3 is 2.46 bits per heavy atom. The van der Waals surface area contributed by atoms with Crippen molar-refractivity contribution in [3.05, 3.63) is 12.2 Å². The van der Waals surface area contributed by atoms with E-state index < -0.39 is 0 Å². The molecule has 26 heavy (non-hydrogen) atoms. The first-order valence-corrected chi connectivity index (χ1v) is 10.0. The molecule has 1 aromatic rings. The summed E-state index contributed by atoms with van der Waals surface area (Å²) in [4.78, 5) is 9.40. The van der Waals surface area contributed by atoms with Crippen molar-refractivity contribution >= 4 is 5.96 Å². The van der Waals surface area contributed by atoms with Crippen LogP contribution in [-0.2, 0) is 13.0 Å². The lowest BCUT2D eigenvalue weighted by molar-refractivity contribution is 0.136. The van der Waals surface area contributed by atoms with Crippen LogP contribution in [0, 0.1) is 0 Å². The number of nitrogens with one attached hydrogen (secondary N) is 2. The number of piperazine rings is 1. The number of aromatic nitrogens is 3. The van der Waals surface area contributed by atoms with Gasteiger partial charge in [-0.15, -0.1) is 10.2 Å². The Balaban J connectivity index is 1.52. The van der Waals surface area contributed by atoms with E-state index in [0.29, 0.717) is 0 Å². The highest BCUT2D eigenvalue weighted by molar-refractivity contribution is 5.79. The number of aliphatic imine (C=N–C) groups is 1. The predicted octanol–water partition coefficient (Wildman–Crippen LogP) is 0.423. The average Bonchev–Trinajstić information content (AvgIpc) is 3.14. The van der Waals surface area contributed by atoms with Gasteiger partial charge in [0.05, 0.1) is 0 Å². The Labute approximate surface area is 158 Å². The van der Waals surface area contributed by atoms with Gasteiger partial charge in [0.15, 0.2) is 5.96 Å². The summed E-state index contributed by atoms with van der Waals surface area (Å²) in [5, 5.41) is 14.8. The van der Waals surface area contributed by atoms with Crippen molar-refractivity contribution in [2.75, 3.05) is 59.4 Å². The van der Waals surface area contributed by atoms with Gasteiger partial charge in [-0.1, -0.05) is 13.8 Å². The molecule has 148 valence electrons. The summed E-state index contributed by atoms with van der Waals surface area (Å²) in [6.07, 6.45) is 5.09. The monoisotopic (exact) mass is 364 g/mol. The van der Waals surface area contributed by atoms with Gasteiger partial charge in [-0.2, -0.15) is 0 Å². The summed E-state index contributed by atoms with van der Waals surface area (Å²) < 4.78 is 2.08. The number of rotatable bonds is 10. The fraction of sp³-hybridized carbons (Fsp3) is 0.833. The molecule has 1 aliphatic heterocycles. The van der Waals surface area contributed by atoms with Gasteiger partial charge in [0.2, 0.25) is 0 Å². The van der Waals surface area contributed by atoms with Gasteiger partial charge >= 0.3 is 0 Å². The van der Waals surface area contributed by atoms with Crippen molar-refractivity contribution in [1.29, 1.82) is 0 Å². The van der Waals surface area contributed by atoms with E-state index in [2.05, 4.69) is 54.0 Å². The molecule has 0 bridgehead atoms. The fourth-order valence-electron chi connectivity index (χ4n) is 3.25. The lowest BCUT2D eigenvalue weighted by Gasteiger charge is -2.34. The van der Waals surface area contributed by atoms with Crippen molar-refractivity contribution < 1.29 is 0 Å². The molecule has 1 aliphatic rings. The van der Waals surface area contributed by atoms with E-state index in [0.717, 1.165) is 37.8 Å². The summed E-state index contributed by atoms with van der Waals surface area (Å²) in [6, 6.07) is 0. The minimum Gasteiger partial charge on any atom is -0.356 e. The van der Waals surface area contributed by atoms with Crippen molar-refractivity contribution in [3.63, 3.8) is 0 Å². The first kappa shape index (κ1) is 20.6. The molecule has 1 saturated heterocycles. The Hall–Kier alpha value is -1.67. The highest BCUT2D eigenvalue weighted by atomic mass is 15.3. The van der Waals surface area contributed by atoms with Crippen LogP contribution in [0.2, 0.25) is 0 Å². The first-order chi connectivity index (χ1) is 12.8. The highest BCUT2D eigenvalue weighted by Crippen LogP contribution is 2.02. The molecule has 0 aromatic carbocycles. The third-order valence-electron chi connectivity index (χ3n) is 4.99. The minimum atomic E-state index is 0.812. The smallest absolute Gasteiger partial charge is 0.191 e. The Bertz CT molecular complexity index is 519. The van der Waals surface area contributed by atoms with E-state index in [-0.39, 0.29) is 0 Å². The van der Waals surface area contributed by atoms with Crippen LogP contribution in [0.3, 0.4) is 0 Å². The molecule has 8 heteroatoms. The van der Waals surface area contributed by atoms with E-state index in [9.17, 15) is 0 Å². The number of aryl methyl sites for hydroxylation is 1. The topological polar surface area (TPSA) is 73.6 Å². The molecule has 1 aromatic heterocycles. The molecule has 0 radical (unpaired) electrons. The van der Waals surface area contributed by atoms with Crippen LogP contribution in [-0.4, -0.2) is 89.9 Å². The molecule has 0 spiro atoms. The van der Waals surface area contributed by atoms with Crippen molar-refractivity contribution in [2.45, 2.75) is 39.7 Å². The molecule has 0 unspecified atom stereocenters. The molecule has 0 atom stereocenters. The second-order valence-electron chi connectivity index (χ2n) is 6.70. The Morgan fingerprint density at radius 1 is 1.04 bits per heavy atom. The molecule has 2 heterocycles. The lowest BCUT2D eigenvalue weighted by atomic mass is 10.2. The normalized spacial score (nSPS) is 16.8. The number of hydrogen-bond acceptors (Lipinski definition) is 5. The molecular weight excluding hydrogens is 328 g/mol. The number of guanidine groups is 1. The quantitative estimate of drug-likeness (QED) is 0.356. The predicted molar refractivity (Wildman–Crippen MR) is 107 cm³/mol. The van der Waals surface area contributed by atoms with Crippen molar-refractivity contribution in [2.24, 2.45) is 4.99 Å². The fourth-order valence-corrected chi connectivity index (χ4v) is 3.25. The largest absolute Gasteiger partial charge is 0.356 e. The van der Waals surface area contributed by atoms with Gasteiger partial charge in [-0.05, 0) is 25.9 Å². The summed E-state index contributed by atoms with van der Waals surface area (Å²) in [7, 11) is 1.82. The lowest BCUT2D eigenvalue weighted by Crippen LogP contribution is -2.46. The van der Waals surface area contributed by atoms with Gasteiger partial charge in [0, 0.05) is 59.3 Å². The first-order valence-electron chi connectivity index (χ1n) is 10.0. The second-order valence-corrected chi connectivity index (χ2v) is 6.70. The maximum Gasteiger partial charge on any atom is 0.191 e. The van der Waals surface area contributed by atoms with Gasteiger partial charge in [-0.3, -0.25) is 4.99 Å². The van der Waals surface area contributed by atoms with Gasteiger partial charge in [0.25, 0.3) is 0 Å². The second kappa shape index (κ2) is 11.9. The third-order valence-corrected chi connectivity index (χ3v) is 4.99. The van der Waals surface area contributed by atoms with Crippen molar-refractivity contribution in [3.8, 4) is 0 Å². The summed E-state index contributed by atoms with van der Waals surface area (Å²) in [6.45, 7) is 14.2. The van der Waals surface area contributed by atoms with E-state index in [4.69, 9.17) is 0 Å². The number of unbranched alkanes of at least 4 members (excludes halogenated alkanes) is 1. The van der Waals surface area contributed by atoms with Crippen LogP contribution in [0.4, 0.5) is 0 Å². The number of likely N-dealkylation sites (N-methyl/N-ethyl adjacent to an activating group) is 1. The number of nitrogens with zero attached hydrogens (tertiary/aromatic N) is 6. The summed E-state index contributed by atoms with van der Waals surface area (Å²) in [5.74, 6) is 1.89. The number of hydrogen-bond donors (Lipinski definition) is 2. The standard InChI is InChI=1S/C18H36N8/c1-4-17-23-22-16-26(17)11-9-21-18(19-3)20-8-6-7-10-25-14-12-24(5-2)13-15-25/h16H,4-15H2,1-3H3,(H2,19,20,21). The zero-order chi connectivity index (χ0) is 18.6. The van der Waals surface area contributed by atoms with Crippen LogP contribution < -0.4 is 10.6 Å². The average molecular weight is 365 g/mol. The zero-order valence-electron chi connectivity index (χ0n) is 16.7. The van der Waals surface area contributed by atoms with E-state index in [1.54, 1.807) is 6.33 Å². The minimum absolute atomic E-state index is 0.812. The molecule has 0 amide bonds. The summed E-state index contributed by atoms with van der Waals surface area (Å²) in [5.41, 5.74) is 0. The SMILES string of the molecule is CCc1nncn1CCNC(=NC)NCCCCN1CCN(CC)CC1. The molecule has 2 rings (SSSR count). The van der Waals surface area contributed by atoms with E-state index >= 15 is 0 Å². The van der Waals surface area contributed by atoms with E-state index in [1.165, 1.54) is 52.1 Å². The molecule has 2 N–H and O–H groups in total. The maximum absolute atomic E-state index is 4.29. The van der Waals surface area contributed by atoms with E-state index in [1.807, 2.05) is 7.05 Å². The molecular formula is C18H36N8. The Morgan fingerprint density at radius 2 is 1.77 bits per heavy atom. The van der Waals surface area contributed by atoms with Crippen LogP contribution in [0.25, 0.3) is 0 Å².